The molecule has 4 heteroatoms. The van der Waals surface area contributed by atoms with E-state index in [4.69, 9.17) is 4.74 Å². The number of rotatable bonds is 4. The van der Waals surface area contributed by atoms with Crippen molar-refractivity contribution in [1.82, 2.24) is 14.9 Å². The quantitative estimate of drug-likeness (QED) is 0.838. The minimum atomic E-state index is 0.881. The molecular weight excluding hydrogens is 238 g/mol. The van der Waals surface area contributed by atoms with E-state index >= 15 is 0 Å². The van der Waals surface area contributed by atoms with Crippen LogP contribution in [0.15, 0.2) is 30.6 Å². The number of hydrogen-bond donors (Lipinski definition) is 0. The van der Waals surface area contributed by atoms with Gasteiger partial charge in [-0.15, -0.1) is 0 Å². The number of aryl methyl sites for hydroxylation is 1. The maximum Gasteiger partial charge on any atom is 0.0889 e. The molecule has 0 radical (unpaired) electrons. The molecule has 0 aliphatic carbocycles. The van der Waals surface area contributed by atoms with Gasteiger partial charge in [-0.05, 0) is 37.1 Å². The first kappa shape index (κ1) is 12.5. The zero-order valence-electron chi connectivity index (χ0n) is 11.1. The van der Waals surface area contributed by atoms with Gasteiger partial charge in [0.15, 0.2) is 0 Å². The van der Waals surface area contributed by atoms with E-state index in [2.05, 4.69) is 33.1 Å². The predicted octanol–water partition coefficient (Wildman–Crippen LogP) is 1.89. The summed E-state index contributed by atoms with van der Waals surface area (Å²) in [6, 6.07) is 6.38. The molecule has 1 aromatic carbocycles. The van der Waals surface area contributed by atoms with Gasteiger partial charge in [-0.2, -0.15) is 0 Å². The van der Waals surface area contributed by atoms with Crippen molar-refractivity contribution in [3.8, 4) is 0 Å². The van der Waals surface area contributed by atoms with Gasteiger partial charge in [-0.3, -0.25) is 14.9 Å². The maximum absolute atomic E-state index is 5.36. The molecule has 0 spiro atoms. The smallest absolute Gasteiger partial charge is 0.0889 e. The lowest BCUT2D eigenvalue weighted by molar-refractivity contribution is 0.0375. The van der Waals surface area contributed by atoms with Crippen LogP contribution in [0.2, 0.25) is 0 Å². The van der Waals surface area contributed by atoms with E-state index < -0.39 is 0 Å². The summed E-state index contributed by atoms with van der Waals surface area (Å²) in [6.07, 6.45) is 5.77. The molecule has 0 amide bonds. The Labute approximate surface area is 113 Å². The molecule has 0 saturated carbocycles. The third-order valence-corrected chi connectivity index (χ3v) is 3.58. The van der Waals surface area contributed by atoms with Crippen LogP contribution < -0.4 is 0 Å². The highest BCUT2D eigenvalue weighted by molar-refractivity contribution is 5.74. The fourth-order valence-corrected chi connectivity index (χ4v) is 2.50. The molecule has 0 N–H and O–H groups in total. The summed E-state index contributed by atoms with van der Waals surface area (Å²) in [5.74, 6) is 0. The highest BCUT2D eigenvalue weighted by Crippen LogP contribution is 2.12. The molecule has 19 heavy (non-hydrogen) atoms. The van der Waals surface area contributed by atoms with Crippen molar-refractivity contribution in [2.45, 2.75) is 12.8 Å². The normalized spacial score (nSPS) is 16.8. The second-order valence-corrected chi connectivity index (χ2v) is 4.94. The molecule has 2 heterocycles. The van der Waals surface area contributed by atoms with Crippen molar-refractivity contribution in [1.29, 1.82) is 0 Å². The Morgan fingerprint density at radius 1 is 1.05 bits per heavy atom. The van der Waals surface area contributed by atoms with E-state index in [1.165, 1.54) is 12.0 Å². The Balaban J connectivity index is 1.56. The number of ether oxygens (including phenoxy) is 1. The van der Waals surface area contributed by atoms with Crippen LogP contribution in [0.5, 0.6) is 0 Å². The molecular formula is C15H19N3O. The van der Waals surface area contributed by atoms with Gasteiger partial charge in [0.25, 0.3) is 0 Å². The summed E-state index contributed by atoms with van der Waals surface area (Å²) in [4.78, 5) is 11.1. The van der Waals surface area contributed by atoms with Crippen LogP contribution in [0.25, 0.3) is 11.0 Å². The van der Waals surface area contributed by atoms with Crippen LogP contribution in [0.4, 0.5) is 0 Å². The van der Waals surface area contributed by atoms with E-state index in [-0.39, 0.29) is 0 Å². The van der Waals surface area contributed by atoms with E-state index in [0.29, 0.717) is 0 Å². The van der Waals surface area contributed by atoms with Crippen molar-refractivity contribution in [2.75, 3.05) is 32.8 Å². The van der Waals surface area contributed by atoms with Gasteiger partial charge >= 0.3 is 0 Å². The van der Waals surface area contributed by atoms with Gasteiger partial charge in [0.05, 0.1) is 24.2 Å². The third kappa shape index (κ3) is 3.28. The summed E-state index contributed by atoms with van der Waals surface area (Å²) >= 11 is 0. The Kier molecular flexibility index (Phi) is 4.01. The van der Waals surface area contributed by atoms with Crippen molar-refractivity contribution >= 4 is 11.0 Å². The molecule has 0 bridgehead atoms. The summed E-state index contributed by atoms with van der Waals surface area (Å²) in [5.41, 5.74) is 3.31. The van der Waals surface area contributed by atoms with E-state index in [1.807, 2.05) is 0 Å². The second kappa shape index (κ2) is 6.08. The largest absolute Gasteiger partial charge is 0.379 e. The SMILES string of the molecule is c1cnc2cc(CCCN3CCOCC3)ccc2n1. The van der Waals surface area contributed by atoms with E-state index in [0.717, 1.165) is 50.3 Å². The topological polar surface area (TPSA) is 38.2 Å². The summed E-state index contributed by atoms with van der Waals surface area (Å²) in [7, 11) is 0. The van der Waals surface area contributed by atoms with Crippen LogP contribution in [-0.2, 0) is 11.2 Å². The molecule has 2 aromatic rings. The first-order valence-corrected chi connectivity index (χ1v) is 6.91. The molecule has 100 valence electrons. The van der Waals surface area contributed by atoms with Gasteiger partial charge in [-0.1, -0.05) is 6.07 Å². The van der Waals surface area contributed by atoms with Crippen molar-refractivity contribution in [3.05, 3.63) is 36.2 Å². The van der Waals surface area contributed by atoms with Gasteiger partial charge < -0.3 is 4.74 Å². The van der Waals surface area contributed by atoms with Gasteiger partial charge in [0.1, 0.15) is 0 Å². The highest BCUT2D eigenvalue weighted by atomic mass is 16.5. The minimum Gasteiger partial charge on any atom is -0.379 e. The second-order valence-electron chi connectivity index (χ2n) is 4.94. The number of nitrogens with zero attached hydrogens (tertiary/aromatic N) is 3. The fraction of sp³-hybridized carbons (Fsp3) is 0.467. The van der Waals surface area contributed by atoms with Crippen molar-refractivity contribution in [3.63, 3.8) is 0 Å². The predicted molar refractivity (Wildman–Crippen MR) is 75.1 cm³/mol. The molecule has 0 unspecified atom stereocenters. The van der Waals surface area contributed by atoms with E-state index in [1.54, 1.807) is 12.4 Å². The maximum atomic E-state index is 5.36. The number of morpholine rings is 1. The minimum absolute atomic E-state index is 0.881. The molecule has 4 nitrogen and oxygen atoms in total. The molecule has 1 saturated heterocycles. The molecule has 1 fully saturated rings. The Morgan fingerprint density at radius 3 is 2.68 bits per heavy atom. The Morgan fingerprint density at radius 2 is 1.84 bits per heavy atom. The van der Waals surface area contributed by atoms with Crippen LogP contribution in [-0.4, -0.2) is 47.7 Å². The standard InChI is InChI=1S/C15H19N3O/c1(7-18-8-10-19-11-9-18)2-13-3-4-14-15(12-13)17-6-5-16-14/h3-6,12H,1-2,7-11H2. The van der Waals surface area contributed by atoms with Crippen molar-refractivity contribution < 1.29 is 4.74 Å². The zero-order chi connectivity index (χ0) is 12.9. The van der Waals surface area contributed by atoms with Crippen molar-refractivity contribution in [2.24, 2.45) is 0 Å². The van der Waals surface area contributed by atoms with Crippen LogP contribution in [0.3, 0.4) is 0 Å². The fourth-order valence-electron chi connectivity index (χ4n) is 2.50. The zero-order valence-corrected chi connectivity index (χ0v) is 11.1. The third-order valence-electron chi connectivity index (χ3n) is 3.58. The average molecular weight is 257 g/mol. The Hall–Kier alpha value is -1.52. The van der Waals surface area contributed by atoms with Gasteiger partial charge in [0.2, 0.25) is 0 Å². The van der Waals surface area contributed by atoms with E-state index in [9.17, 15) is 0 Å². The summed E-state index contributed by atoms with van der Waals surface area (Å²) < 4.78 is 5.36. The first-order valence-electron chi connectivity index (χ1n) is 6.91. The summed E-state index contributed by atoms with van der Waals surface area (Å²) in [6.45, 7) is 5.06. The monoisotopic (exact) mass is 257 g/mol. The van der Waals surface area contributed by atoms with Crippen LogP contribution in [0, 0.1) is 0 Å². The van der Waals surface area contributed by atoms with Gasteiger partial charge in [-0.25, -0.2) is 0 Å². The van der Waals surface area contributed by atoms with Crippen LogP contribution in [0.1, 0.15) is 12.0 Å². The first-order chi connectivity index (χ1) is 9.42. The lowest BCUT2D eigenvalue weighted by Crippen LogP contribution is -2.36. The highest BCUT2D eigenvalue weighted by Gasteiger charge is 2.09. The molecule has 1 aliphatic heterocycles. The average Bonchev–Trinajstić information content (AvgIpc) is 2.48. The summed E-state index contributed by atoms with van der Waals surface area (Å²) in [5, 5.41) is 0. The van der Waals surface area contributed by atoms with Crippen LogP contribution >= 0.6 is 0 Å². The lowest BCUT2D eigenvalue weighted by atomic mass is 10.1. The number of fused-ring (bicyclic) bond motifs is 1. The number of benzene rings is 1. The Bertz CT molecular complexity index is 538. The molecule has 3 rings (SSSR count). The van der Waals surface area contributed by atoms with Gasteiger partial charge in [0, 0.05) is 25.5 Å². The molecule has 1 aromatic heterocycles. The lowest BCUT2D eigenvalue weighted by Gasteiger charge is -2.26. The molecule has 1 aliphatic rings. The number of aromatic nitrogens is 2. The number of hydrogen-bond acceptors (Lipinski definition) is 4. The molecule has 0 atom stereocenters.